The Morgan fingerprint density at radius 1 is 1.52 bits per heavy atom. The van der Waals surface area contributed by atoms with Gasteiger partial charge in [0.2, 0.25) is 5.91 Å². The van der Waals surface area contributed by atoms with Crippen LogP contribution in [0.4, 0.5) is 0 Å². The SMILES string of the molecule is NNC(=O)c1occc1CN1CCC2NC(=O)CCC2C1. The molecule has 0 aliphatic carbocycles. The number of rotatable bonds is 3. The van der Waals surface area contributed by atoms with Crippen LogP contribution < -0.4 is 16.6 Å². The maximum atomic E-state index is 11.6. The standard InChI is InChI=1S/C14H20N4O3/c15-17-14(20)13-10(4-6-21-13)8-18-5-3-11-9(7-18)1-2-12(19)16-11/h4,6,9,11H,1-3,5,7-8,15H2,(H,16,19)(H,17,20). The van der Waals surface area contributed by atoms with Gasteiger partial charge in [0.15, 0.2) is 5.76 Å². The van der Waals surface area contributed by atoms with Crippen molar-refractivity contribution < 1.29 is 14.0 Å². The number of hydrogen-bond acceptors (Lipinski definition) is 5. The summed E-state index contributed by atoms with van der Waals surface area (Å²) in [6.45, 7) is 2.49. The number of furan rings is 1. The molecule has 0 aromatic carbocycles. The van der Waals surface area contributed by atoms with E-state index in [1.165, 1.54) is 6.26 Å². The largest absolute Gasteiger partial charge is 0.459 e. The van der Waals surface area contributed by atoms with E-state index in [4.69, 9.17) is 10.3 Å². The van der Waals surface area contributed by atoms with Crippen molar-refractivity contribution in [3.63, 3.8) is 0 Å². The molecular weight excluding hydrogens is 272 g/mol. The van der Waals surface area contributed by atoms with Crippen LogP contribution in [0.3, 0.4) is 0 Å². The van der Waals surface area contributed by atoms with Crippen LogP contribution in [0.2, 0.25) is 0 Å². The molecule has 3 rings (SSSR count). The van der Waals surface area contributed by atoms with E-state index in [-0.39, 0.29) is 11.7 Å². The van der Waals surface area contributed by atoms with Gasteiger partial charge >= 0.3 is 5.91 Å². The highest BCUT2D eigenvalue weighted by atomic mass is 16.3. The van der Waals surface area contributed by atoms with Gasteiger partial charge in [0.1, 0.15) is 0 Å². The molecule has 3 heterocycles. The summed E-state index contributed by atoms with van der Waals surface area (Å²) in [5, 5.41) is 3.07. The Morgan fingerprint density at radius 3 is 3.19 bits per heavy atom. The number of likely N-dealkylation sites (tertiary alicyclic amines) is 1. The Balaban J connectivity index is 1.63. The van der Waals surface area contributed by atoms with Gasteiger partial charge in [0.25, 0.3) is 0 Å². The van der Waals surface area contributed by atoms with Gasteiger partial charge in [0.05, 0.1) is 6.26 Å². The summed E-state index contributed by atoms with van der Waals surface area (Å²) in [6, 6.07) is 2.11. The summed E-state index contributed by atoms with van der Waals surface area (Å²) in [5.74, 6) is 5.68. The van der Waals surface area contributed by atoms with Crippen molar-refractivity contribution >= 4 is 11.8 Å². The third-order valence-electron chi connectivity index (χ3n) is 4.38. The minimum absolute atomic E-state index is 0.168. The summed E-state index contributed by atoms with van der Waals surface area (Å²) in [6.07, 6.45) is 4.01. The molecule has 2 fully saturated rings. The van der Waals surface area contributed by atoms with Gasteiger partial charge in [0, 0.05) is 37.7 Å². The van der Waals surface area contributed by atoms with Gasteiger partial charge in [-0.1, -0.05) is 0 Å². The summed E-state index contributed by atoms with van der Waals surface area (Å²) in [5.41, 5.74) is 2.94. The van der Waals surface area contributed by atoms with Crippen molar-refractivity contribution in [2.45, 2.75) is 31.8 Å². The van der Waals surface area contributed by atoms with E-state index in [2.05, 4.69) is 15.6 Å². The molecule has 2 unspecified atom stereocenters. The molecular formula is C14H20N4O3. The molecule has 114 valence electrons. The molecule has 0 bridgehead atoms. The zero-order chi connectivity index (χ0) is 14.8. The number of nitrogens with two attached hydrogens (primary N) is 1. The quantitative estimate of drug-likeness (QED) is 0.413. The second-order valence-corrected chi connectivity index (χ2v) is 5.74. The topological polar surface area (TPSA) is 101 Å². The van der Waals surface area contributed by atoms with Crippen LogP contribution in [0.15, 0.2) is 16.7 Å². The predicted molar refractivity (Wildman–Crippen MR) is 74.9 cm³/mol. The fraction of sp³-hybridized carbons (Fsp3) is 0.571. The van der Waals surface area contributed by atoms with Gasteiger partial charge in [-0.25, -0.2) is 5.84 Å². The van der Waals surface area contributed by atoms with E-state index in [1.807, 2.05) is 0 Å². The number of piperidine rings is 2. The summed E-state index contributed by atoms with van der Waals surface area (Å²) >= 11 is 0. The average Bonchev–Trinajstić information content (AvgIpc) is 2.94. The number of nitrogens with one attached hydrogen (secondary N) is 2. The van der Waals surface area contributed by atoms with Crippen LogP contribution in [0.5, 0.6) is 0 Å². The lowest BCUT2D eigenvalue weighted by Gasteiger charge is -2.41. The molecule has 0 radical (unpaired) electrons. The molecule has 0 spiro atoms. The summed E-state index contributed by atoms with van der Waals surface area (Å²) < 4.78 is 5.20. The Hall–Kier alpha value is -1.86. The first-order valence-corrected chi connectivity index (χ1v) is 7.26. The summed E-state index contributed by atoms with van der Waals surface area (Å²) in [4.78, 5) is 25.3. The van der Waals surface area contributed by atoms with E-state index in [0.717, 1.165) is 31.5 Å². The van der Waals surface area contributed by atoms with Crippen molar-refractivity contribution in [3.05, 3.63) is 23.7 Å². The third-order valence-corrected chi connectivity index (χ3v) is 4.38. The van der Waals surface area contributed by atoms with Gasteiger partial charge in [-0.05, 0) is 24.8 Å². The molecule has 7 heteroatoms. The van der Waals surface area contributed by atoms with Crippen molar-refractivity contribution in [3.8, 4) is 0 Å². The lowest BCUT2D eigenvalue weighted by molar-refractivity contribution is -0.125. The first-order chi connectivity index (χ1) is 10.2. The molecule has 0 saturated carbocycles. The third kappa shape index (κ3) is 2.93. The molecule has 2 aliphatic rings. The normalized spacial score (nSPS) is 26.0. The number of nitrogen functional groups attached to an aromatic ring is 1. The minimum Gasteiger partial charge on any atom is -0.459 e. The van der Waals surface area contributed by atoms with Crippen molar-refractivity contribution in [2.75, 3.05) is 13.1 Å². The van der Waals surface area contributed by atoms with E-state index in [0.29, 0.717) is 24.9 Å². The highest BCUT2D eigenvalue weighted by Gasteiger charge is 2.34. The second-order valence-electron chi connectivity index (χ2n) is 5.74. The maximum absolute atomic E-state index is 11.6. The zero-order valence-corrected chi connectivity index (χ0v) is 11.8. The zero-order valence-electron chi connectivity index (χ0n) is 11.8. The average molecular weight is 292 g/mol. The molecule has 2 atom stereocenters. The van der Waals surface area contributed by atoms with Crippen molar-refractivity contribution in [1.29, 1.82) is 0 Å². The molecule has 21 heavy (non-hydrogen) atoms. The van der Waals surface area contributed by atoms with Gasteiger partial charge in [-0.2, -0.15) is 0 Å². The van der Waals surface area contributed by atoms with Gasteiger partial charge < -0.3 is 9.73 Å². The predicted octanol–water partition coefficient (Wildman–Crippen LogP) is -0.0164. The molecule has 1 aromatic heterocycles. The minimum atomic E-state index is -0.408. The van der Waals surface area contributed by atoms with Crippen molar-refractivity contribution in [2.24, 2.45) is 11.8 Å². The lowest BCUT2D eigenvalue weighted by atomic mass is 9.85. The highest BCUT2D eigenvalue weighted by molar-refractivity contribution is 5.92. The van der Waals surface area contributed by atoms with Crippen LogP contribution in [-0.4, -0.2) is 35.8 Å². The first-order valence-electron chi connectivity index (χ1n) is 7.26. The molecule has 4 N–H and O–H groups in total. The maximum Gasteiger partial charge on any atom is 0.301 e. The van der Waals surface area contributed by atoms with E-state index < -0.39 is 5.91 Å². The van der Waals surface area contributed by atoms with Crippen LogP contribution in [0.1, 0.15) is 35.4 Å². The number of carbonyl (C=O) groups excluding carboxylic acids is 2. The monoisotopic (exact) mass is 292 g/mol. The van der Waals surface area contributed by atoms with Crippen molar-refractivity contribution in [1.82, 2.24) is 15.6 Å². The van der Waals surface area contributed by atoms with Crippen LogP contribution in [0, 0.1) is 5.92 Å². The Labute approximate surface area is 122 Å². The fourth-order valence-corrected chi connectivity index (χ4v) is 3.29. The van der Waals surface area contributed by atoms with Crippen LogP contribution >= 0.6 is 0 Å². The molecule has 2 saturated heterocycles. The number of fused-ring (bicyclic) bond motifs is 1. The summed E-state index contributed by atoms with van der Waals surface area (Å²) in [7, 11) is 0. The Kier molecular flexibility index (Phi) is 3.94. The highest BCUT2D eigenvalue weighted by Crippen LogP contribution is 2.26. The number of amides is 2. The molecule has 2 aliphatic heterocycles. The molecule has 1 aromatic rings. The fourth-order valence-electron chi connectivity index (χ4n) is 3.29. The number of hydrazine groups is 1. The van der Waals surface area contributed by atoms with E-state index in [1.54, 1.807) is 6.07 Å². The van der Waals surface area contributed by atoms with Crippen LogP contribution in [-0.2, 0) is 11.3 Å². The number of carbonyl (C=O) groups is 2. The molecule has 2 amide bonds. The van der Waals surface area contributed by atoms with Gasteiger partial charge in [-0.3, -0.25) is 19.9 Å². The van der Waals surface area contributed by atoms with Crippen LogP contribution in [0.25, 0.3) is 0 Å². The lowest BCUT2D eigenvalue weighted by Crippen LogP contribution is -2.53. The smallest absolute Gasteiger partial charge is 0.301 e. The Morgan fingerprint density at radius 2 is 2.38 bits per heavy atom. The Bertz CT molecular complexity index is 542. The number of nitrogens with zero attached hydrogens (tertiary/aromatic N) is 1. The molecule has 7 nitrogen and oxygen atoms in total. The van der Waals surface area contributed by atoms with Gasteiger partial charge in [-0.15, -0.1) is 0 Å². The number of hydrogen-bond donors (Lipinski definition) is 3. The first kappa shape index (κ1) is 14.1. The van der Waals surface area contributed by atoms with E-state index in [9.17, 15) is 9.59 Å². The van der Waals surface area contributed by atoms with E-state index >= 15 is 0 Å². The second kappa shape index (κ2) is 5.87.